The predicted molar refractivity (Wildman–Crippen MR) is 99.8 cm³/mol. The topological polar surface area (TPSA) is 92.6 Å². The second kappa shape index (κ2) is 7.43. The van der Waals surface area contributed by atoms with Gasteiger partial charge in [0.1, 0.15) is 0 Å². The average molecular weight is 375 g/mol. The van der Waals surface area contributed by atoms with Gasteiger partial charge in [-0.2, -0.15) is 0 Å². The van der Waals surface area contributed by atoms with E-state index in [1.807, 2.05) is 25.1 Å². The third kappa shape index (κ3) is 3.71. The fourth-order valence-electron chi connectivity index (χ4n) is 3.21. The van der Waals surface area contributed by atoms with Crippen molar-refractivity contribution >= 4 is 21.4 Å². The summed E-state index contributed by atoms with van der Waals surface area (Å²) in [7, 11) is -3.83. The molecule has 7 nitrogen and oxygen atoms in total. The number of hydrogen-bond donors (Lipinski definition) is 1. The number of sulfonamides is 1. The third-order valence-corrected chi connectivity index (χ3v) is 6.40. The standard InChI is InChI=1S/C18H21N3O4S/c1-14-3-2-4-17(13-14)20(15-9-11-19-12-10-15)26(24,25)18-7-5-16(6-8-18)21(22)23/h2-8,13,15,19H,9-12H2,1H3. The molecule has 1 saturated heterocycles. The van der Waals surface area contributed by atoms with Crippen LogP contribution in [-0.2, 0) is 10.0 Å². The zero-order chi connectivity index (χ0) is 18.7. The molecule has 2 aromatic carbocycles. The second-order valence-corrected chi connectivity index (χ2v) is 8.19. The molecule has 0 bridgehead atoms. The van der Waals surface area contributed by atoms with E-state index in [1.54, 1.807) is 6.07 Å². The van der Waals surface area contributed by atoms with Crippen LogP contribution in [0, 0.1) is 17.0 Å². The summed E-state index contributed by atoms with van der Waals surface area (Å²) in [5.41, 5.74) is 1.46. The Morgan fingerprint density at radius 2 is 1.77 bits per heavy atom. The normalized spacial score (nSPS) is 15.6. The number of nitro benzene ring substituents is 1. The number of nitro groups is 1. The van der Waals surface area contributed by atoms with Crippen molar-refractivity contribution < 1.29 is 13.3 Å². The smallest absolute Gasteiger partial charge is 0.269 e. The number of anilines is 1. The minimum Gasteiger partial charge on any atom is -0.317 e. The lowest BCUT2D eigenvalue weighted by Gasteiger charge is -2.35. The molecule has 1 heterocycles. The van der Waals surface area contributed by atoms with Gasteiger partial charge in [0.2, 0.25) is 0 Å². The number of aryl methyl sites for hydroxylation is 1. The maximum absolute atomic E-state index is 13.4. The van der Waals surface area contributed by atoms with Crippen molar-refractivity contribution in [3.63, 3.8) is 0 Å². The maximum atomic E-state index is 13.4. The van der Waals surface area contributed by atoms with Crippen molar-refractivity contribution in [1.29, 1.82) is 0 Å². The van der Waals surface area contributed by atoms with Crippen LogP contribution in [0.5, 0.6) is 0 Å². The van der Waals surface area contributed by atoms with Crippen LogP contribution in [0.3, 0.4) is 0 Å². The van der Waals surface area contributed by atoms with Gasteiger partial charge in [0.25, 0.3) is 15.7 Å². The minimum atomic E-state index is -3.83. The molecule has 1 aliphatic rings. The van der Waals surface area contributed by atoms with Crippen LogP contribution in [0.15, 0.2) is 53.4 Å². The van der Waals surface area contributed by atoms with E-state index in [9.17, 15) is 18.5 Å². The third-order valence-electron chi connectivity index (χ3n) is 4.50. The molecule has 1 N–H and O–H groups in total. The van der Waals surface area contributed by atoms with E-state index in [2.05, 4.69) is 5.32 Å². The van der Waals surface area contributed by atoms with Crippen LogP contribution in [0.1, 0.15) is 18.4 Å². The number of benzene rings is 2. The summed E-state index contributed by atoms with van der Waals surface area (Å²) in [5, 5.41) is 14.1. The summed E-state index contributed by atoms with van der Waals surface area (Å²) < 4.78 is 28.2. The molecule has 0 amide bonds. The molecule has 138 valence electrons. The molecule has 0 aromatic heterocycles. The summed E-state index contributed by atoms with van der Waals surface area (Å²) in [6.07, 6.45) is 1.42. The zero-order valence-corrected chi connectivity index (χ0v) is 15.3. The summed E-state index contributed by atoms with van der Waals surface area (Å²) in [4.78, 5) is 10.4. The Morgan fingerprint density at radius 1 is 1.12 bits per heavy atom. The molecular weight excluding hydrogens is 354 g/mol. The monoisotopic (exact) mass is 375 g/mol. The summed E-state index contributed by atoms with van der Waals surface area (Å²) in [5.74, 6) is 0. The van der Waals surface area contributed by atoms with E-state index in [-0.39, 0.29) is 16.6 Å². The van der Waals surface area contributed by atoms with Gasteiger partial charge in [0, 0.05) is 18.2 Å². The molecule has 0 unspecified atom stereocenters. The van der Waals surface area contributed by atoms with E-state index in [4.69, 9.17) is 0 Å². The van der Waals surface area contributed by atoms with Crippen LogP contribution in [0.25, 0.3) is 0 Å². The highest BCUT2D eigenvalue weighted by Gasteiger charge is 2.33. The SMILES string of the molecule is Cc1cccc(N(C2CCNCC2)S(=O)(=O)c2ccc([N+](=O)[O-])cc2)c1. The highest BCUT2D eigenvalue weighted by Crippen LogP contribution is 2.30. The minimum absolute atomic E-state index is 0.0585. The Bertz CT molecular complexity index is 891. The number of piperidine rings is 1. The van der Waals surface area contributed by atoms with E-state index in [0.29, 0.717) is 18.5 Å². The molecule has 1 fully saturated rings. The largest absolute Gasteiger partial charge is 0.317 e. The molecule has 2 aromatic rings. The van der Waals surface area contributed by atoms with E-state index in [1.165, 1.54) is 28.6 Å². The fourth-order valence-corrected chi connectivity index (χ4v) is 4.91. The van der Waals surface area contributed by atoms with Crippen LogP contribution in [-0.4, -0.2) is 32.5 Å². The van der Waals surface area contributed by atoms with Gasteiger partial charge in [-0.15, -0.1) is 0 Å². The van der Waals surface area contributed by atoms with Gasteiger partial charge in [-0.25, -0.2) is 8.42 Å². The Labute approximate surface area is 152 Å². The van der Waals surface area contributed by atoms with Crippen molar-refractivity contribution in [2.24, 2.45) is 0 Å². The first kappa shape index (κ1) is 18.3. The van der Waals surface area contributed by atoms with Crippen molar-refractivity contribution in [1.82, 2.24) is 5.32 Å². The molecule has 0 spiro atoms. The van der Waals surface area contributed by atoms with Crippen LogP contribution in [0.4, 0.5) is 11.4 Å². The van der Waals surface area contributed by atoms with Gasteiger partial charge < -0.3 is 5.32 Å². The lowest BCUT2D eigenvalue weighted by molar-refractivity contribution is -0.384. The summed E-state index contributed by atoms with van der Waals surface area (Å²) in [6.45, 7) is 3.42. The molecule has 0 saturated carbocycles. The number of nitrogens with zero attached hydrogens (tertiary/aromatic N) is 2. The zero-order valence-electron chi connectivity index (χ0n) is 14.5. The molecule has 0 atom stereocenters. The summed E-state index contributed by atoms with van der Waals surface area (Å²) in [6, 6.07) is 12.3. The molecule has 26 heavy (non-hydrogen) atoms. The lowest BCUT2D eigenvalue weighted by atomic mass is 10.1. The van der Waals surface area contributed by atoms with Crippen molar-refractivity contribution in [3.05, 3.63) is 64.2 Å². The molecule has 0 radical (unpaired) electrons. The number of nitrogens with one attached hydrogen (secondary N) is 1. The fraction of sp³-hybridized carbons (Fsp3) is 0.333. The molecular formula is C18H21N3O4S. The number of non-ortho nitro benzene ring substituents is 1. The van der Waals surface area contributed by atoms with Crippen LogP contribution >= 0.6 is 0 Å². The Kier molecular flexibility index (Phi) is 5.24. The molecule has 0 aliphatic carbocycles. The number of rotatable bonds is 5. The van der Waals surface area contributed by atoms with Crippen molar-refractivity contribution in [3.8, 4) is 0 Å². The van der Waals surface area contributed by atoms with Gasteiger partial charge >= 0.3 is 0 Å². The molecule has 1 aliphatic heterocycles. The molecule has 3 rings (SSSR count). The Morgan fingerprint density at radius 3 is 2.35 bits per heavy atom. The Hall–Kier alpha value is -2.45. The van der Waals surface area contributed by atoms with Gasteiger partial charge in [0.15, 0.2) is 0 Å². The first-order chi connectivity index (χ1) is 12.4. The predicted octanol–water partition coefficient (Wildman–Crippen LogP) is 2.85. The van der Waals surface area contributed by atoms with Gasteiger partial charge in [0.05, 0.1) is 15.5 Å². The first-order valence-corrected chi connectivity index (χ1v) is 9.90. The first-order valence-electron chi connectivity index (χ1n) is 8.46. The Balaban J connectivity index is 2.05. The average Bonchev–Trinajstić information content (AvgIpc) is 2.63. The maximum Gasteiger partial charge on any atom is 0.269 e. The second-order valence-electron chi connectivity index (χ2n) is 6.37. The lowest BCUT2D eigenvalue weighted by Crippen LogP contribution is -2.46. The van der Waals surface area contributed by atoms with E-state index < -0.39 is 14.9 Å². The van der Waals surface area contributed by atoms with E-state index in [0.717, 1.165) is 18.7 Å². The van der Waals surface area contributed by atoms with Crippen molar-refractivity contribution in [2.45, 2.75) is 30.7 Å². The quantitative estimate of drug-likeness (QED) is 0.641. The highest BCUT2D eigenvalue weighted by atomic mass is 32.2. The van der Waals surface area contributed by atoms with Crippen LogP contribution in [0.2, 0.25) is 0 Å². The van der Waals surface area contributed by atoms with Gasteiger partial charge in [-0.3, -0.25) is 14.4 Å². The van der Waals surface area contributed by atoms with Crippen LogP contribution < -0.4 is 9.62 Å². The highest BCUT2D eigenvalue weighted by molar-refractivity contribution is 7.92. The summed E-state index contributed by atoms with van der Waals surface area (Å²) >= 11 is 0. The van der Waals surface area contributed by atoms with Gasteiger partial charge in [-0.05, 0) is 62.7 Å². The number of hydrogen-bond acceptors (Lipinski definition) is 5. The van der Waals surface area contributed by atoms with Crippen molar-refractivity contribution in [2.75, 3.05) is 17.4 Å². The molecule has 8 heteroatoms. The van der Waals surface area contributed by atoms with Gasteiger partial charge in [-0.1, -0.05) is 12.1 Å². The van der Waals surface area contributed by atoms with E-state index >= 15 is 0 Å².